The molecule has 0 spiro atoms. The third-order valence-electron chi connectivity index (χ3n) is 13.2. The van der Waals surface area contributed by atoms with Crippen molar-refractivity contribution in [1.29, 1.82) is 0 Å². The number of nitrogens with one attached hydrogen (secondary N) is 1. The van der Waals surface area contributed by atoms with Gasteiger partial charge >= 0.3 is 5.97 Å². The van der Waals surface area contributed by atoms with Crippen LogP contribution in [0.3, 0.4) is 0 Å². The molecule has 432 valence electrons. The summed E-state index contributed by atoms with van der Waals surface area (Å²) in [6, 6.07) is -1.05. The van der Waals surface area contributed by atoms with Gasteiger partial charge in [-0.05, 0) is 89.9 Å². The molecule has 8 unspecified atom stereocenters. The van der Waals surface area contributed by atoms with Crippen molar-refractivity contribution < 1.29 is 49.3 Å². The minimum Gasteiger partial charge on any atom is -0.454 e. The Morgan fingerprint density at radius 2 is 1.01 bits per heavy atom. The van der Waals surface area contributed by atoms with Crippen LogP contribution in [0.5, 0.6) is 0 Å². The van der Waals surface area contributed by atoms with Gasteiger partial charge in [0.1, 0.15) is 24.4 Å². The van der Waals surface area contributed by atoms with Crippen molar-refractivity contribution in [2.24, 2.45) is 0 Å². The third kappa shape index (κ3) is 39.4. The van der Waals surface area contributed by atoms with E-state index in [0.29, 0.717) is 12.8 Å². The van der Waals surface area contributed by atoms with E-state index in [1.54, 1.807) is 6.08 Å². The van der Waals surface area contributed by atoms with Crippen molar-refractivity contribution >= 4 is 11.9 Å². The van der Waals surface area contributed by atoms with Gasteiger partial charge in [-0.1, -0.05) is 239 Å². The second-order valence-electron chi connectivity index (χ2n) is 20.1. The highest BCUT2D eigenvalue weighted by Gasteiger charge is 2.47. The lowest BCUT2D eigenvalue weighted by Gasteiger charge is -2.41. The van der Waals surface area contributed by atoms with Crippen LogP contribution in [0.4, 0.5) is 0 Å². The number of amides is 1. The van der Waals surface area contributed by atoms with E-state index in [1.165, 1.54) is 44.9 Å². The Hall–Kier alpha value is -3.94. The lowest BCUT2D eigenvalue weighted by molar-refractivity contribution is -0.305. The molecule has 8 atom stereocenters. The molecule has 1 rings (SSSR count). The molecule has 1 aliphatic heterocycles. The first-order valence-electron chi connectivity index (χ1n) is 29.9. The molecular weight excluding hydrogens is 955 g/mol. The van der Waals surface area contributed by atoms with Crippen molar-refractivity contribution in [3.8, 4) is 0 Å². The summed E-state index contributed by atoms with van der Waals surface area (Å²) in [6.45, 7) is 5.47. The van der Waals surface area contributed by atoms with Crippen LogP contribution in [0.2, 0.25) is 0 Å². The van der Waals surface area contributed by atoms with E-state index in [0.717, 1.165) is 122 Å². The molecule has 0 radical (unpaired) electrons. The second kappa shape index (κ2) is 51.8. The summed E-state index contributed by atoms with van der Waals surface area (Å²) >= 11 is 0. The Labute approximate surface area is 461 Å². The fourth-order valence-corrected chi connectivity index (χ4v) is 8.51. The summed E-state index contributed by atoms with van der Waals surface area (Å²) in [5.74, 6) is -1.26. The minimum absolute atomic E-state index is 0.0980. The van der Waals surface area contributed by atoms with Crippen LogP contribution in [0.15, 0.2) is 122 Å². The average molecular weight is 1060 g/mol. The molecule has 0 aromatic heterocycles. The van der Waals surface area contributed by atoms with Crippen molar-refractivity contribution in [1.82, 2.24) is 5.32 Å². The van der Waals surface area contributed by atoms with Crippen LogP contribution in [0.1, 0.15) is 213 Å². The molecular formula is C65H107NO10. The summed E-state index contributed by atoms with van der Waals surface area (Å²) in [6.07, 6.45) is 61.0. The summed E-state index contributed by atoms with van der Waals surface area (Å²) in [7, 11) is 0. The maximum absolute atomic E-state index is 13.3. The molecule has 1 fully saturated rings. The predicted octanol–water partition coefficient (Wildman–Crippen LogP) is 13.9. The number of aliphatic hydroxyl groups excluding tert-OH is 5. The molecule has 0 saturated carbocycles. The zero-order valence-corrected chi connectivity index (χ0v) is 47.6. The van der Waals surface area contributed by atoms with Crippen LogP contribution >= 0.6 is 0 Å². The van der Waals surface area contributed by atoms with Gasteiger partial charge in [-0.25, -0.2) is 0 Å². The molecule has 1 aliphatic rings. The topological polar surface area (TPSA) is 175 Å². The number of carbonyl (C=O) groups is 2. The van der Waals surface area contributed by atoms with Crippen LogP contribution in [-0.2, 0) is 23.8 Å². The number of aliphatic hydroxyl groups is 5. The first-order chi connectivity index (χ1) is 37.2. The molecule has 0 aromatic carbocycles. The highest BCUT2D eigenvalue weighted by atomic mass is 16.7. The molecule has 1 saturated heterocycles. The molecule has 6 N–H and O–H groups in total. The quantitative estimate of drug-likeness (QED) is 0.0149. The number of ether oxygens (including phenoxy) is 3. The SMILES string of the molecule is CC/C=C\C/C=C\C/C=C\C/C=C\C/C=C\CCCCCCCCCC(=O)OC1C(OCC(NC(=O)C(O)CCCC\C=C/C=C\C=C\C=C\CC)C(O)/C=C/CCCCCCCCCCCC)OC(CO)C(O)C1O. The van der Waals surface area contributed by atoms with Gasteiger partial charge in [0.25, 0.3) is 0 Å². The predicted molar refractivity (Wildman–Crippen MR) is 314 cm³/mol. The zero-order chi connectivity index (χ0) is 55.4. The van der Waals surface area contributed by atoms with Gasteiger partial charge in [0.15, 0.2) is 12.4 Å². The summed E-state index contributed by atoms with van der Waals surface area (Å²) in [5, 5.41) is 56.8. The second-order valence-corrected chi connectivity index (χ2v) is 20.1. The molecule has 0 bridgehead atoms. The van der Waals surface area contributed by atoms with E-state index in [4.69, 9.17) is 14.2 Å². The van der Waals surface area contributed by atoms with Gasteiger partial charge in [-0.3, -0.25) is 9.59 Å². The van der Waals surface area contributed by atoms with Crippen LogP contribution in [-0.4, -0.2) is 99.6 Å². The van der Waals surface area contributed by atoms with E-state index in [1.807, 2.05) is 48.6 Å². The molecule has 11 heteroatoms. The van der Waals surface area contributed by atoms with Crippen LogP contribution < -0.4 is 5.32 Å². The first kappa shape index (κ1) is 70.1. The van der Waals surface area contributed by atoms with Gasteiger partial charge in [-0.15, -0.1) is 0 Å². The highest BCUT2D eigenvalue weighted by molar-refractivity contribution is 5.80. The van der Waals surface area contributed by atoms with Crippen molar-refractivity contribution in [2.75, 3.05) is 13.2 Å². The normalized spacial score (nSPS) is 20.0. The number of allylic oxidation sites excluding steroid dienone is 19. The largest absolute Gasteiger partial charge is 0.454 e. The van der Waals surface area contributed by atoms with Gasteiger partial charge in [0.2, 0.25) is 5.91 Å². The van der Waals surface area contributed by atoms with E-state index in [-0.39, 0.29) is 19.4 Å². The highest BCUT2D eigenvalue weighted by Crippen LogP contribution is 2.26. The Balaban J connectivity index is 2.68. The molecule has 1 heterocycles. The number of unbranched alkanes of at least 4 members (excludes halogenated alkanes) is 19. The van der Waals surface area contributed by atoms with E-state index in [9.17, 15) is 35.1 Å². The Kier molecular flexibility index (Phi) is 47.8. The first-order valence-corrected chi connectivity index (χ1v) is 29.9. The number of carbonyl (C=O) groups excluding carboxylic acids is 2. The van der Waals surface area contributed by atoms with Gasteiger partial charge < -0.3 is 45.1 Å². The Morgan fingerprint density at radius 1 is 0.539 bits per heavy atom. The minimum atomic E-state index is -1.63. The molecule has 76 heavy (non-hydrogen) atoms. The van der Waals surface area contributed by atoms with E-state index < -0.39 is 67.4 Å². The summed E-state index contributed by atoms with van der Waals surface area (Å²) < 4.78 is 17.6. The standard InChI is InChI=1S/C65H107NO10/c1-4-7-10-13-16-19-22-25-26-27-28-29-30-31-32-33-34-35-38-41-44-47-50-53-60(70)76-63-62(72)61(71)59(54-67)75-65(63)74-55-56(57(68)51-48-45-42-39-36-23-20-17-14-11-8-5-2)66-64(73)58(69)52-49-46-43-40-37-24-21-18-15-12-9-6-3/h7,9-10,12,15-16,18-19,21,24-26,28-29,31-32,37,40,48,51,56-59,61-63,65,67-69,71-72H,4-6,8,11,13-14,17,20,22-23,27,30,33-36,38-39,41-47,49-50,52-55H2,1-3H3,(H,66,73)/b10-7-,12-9+,18-15+,19-16-,24-21-,26-25-,29-28-,32-31-,40-37-,51-48+. The number of hydrogen-bond acceptors (Lipinski definition) is 10. The number of hydrogen-bond donors (Lipinski definition) is 6. The molecule has 11 nitrogen and oxygen atoms in total. The lowest BCUT2D eigenvalue weighted by Crippen LogP contribution is -2.61. The fraction of sp³-hybridized carbons (Fsp3) is 0.662. The monoisotopic (exact) mass is 1060 g/mol. The van der Waals surface area contributed by atoms with E-state index >= 15 is 0 Å². The summed E-state index contributed by atoms with van der Waals surface area (Å²) in [4.78, 5) is 26.5. The number of esters is 1. The molecule has 1 amide bonds. The van der Waals surface area contributed by atoms with Gasteiger partial charge in [0.05, 0.1) is 25.4 Å². The third-order valence-corrected chi connectivity index (χ3v) is 13.2. The molecule has 0 aromatic rings. The van der Waals surface area contributed by atoms with Crippen molar-refractivity contribution in [3.05, 3.63) is 122 Å². The summed E-state index contributed by atoms with van der Waals surface area (Å²) in [5.41, 5.74) is 0. The van der Waals surface area contributed by atoms with Crippen LogP contribution in [0, 0.1) is 0 Å². The Bertz CT molecular complexity index is 1690. The maximum Gasteiger partial charge on any atom is 0.306 e. The van der Waals surface area contributed by atoms with Crippen molar-refractivity contribution in [3.63, 3.8) is 0 Å². The van der Waals surface area contributed by atoms with Crippen LogP contribution in [0.25, 0.3) is 0 Å². The number of rotatable bonds is 48. The lowest BCUT2D eigenvalue weighted by atomic mass is 9.99. The average Bonchev–Trinajstić information content (AvgIpc) is 3.42. The van der Waals surface area contributed by atoms with Crippen molar-refractivity contribution in [2.45, 2.75) is 262 Å². The van der Waals surface area contributed by atoms with E-state index in [2.05, 4.69) is 92.9 Å². The maximum atomic E-state index is 13.3. The van der Waals surface area contributed by atoms with Gasteiger partial charge in [-0.2, -0.15) is 0 Å². The zero-order valence-electron chi connectivity index (χ0n) is 47.6. The fourth-order valence-electron chi connectivity index (χ4n) is 8.51. The Morgan fingerprint density at radius 3 is 1.58 bits per heavy atom. The molecule has 0 aliphatic carbocycles. The van der Waals surface area contributed by atoms with Gasteiger partial charge in [0, 0.05) is 6.42 Å². The smallest absolute Gasteiger partial charge is 0.306 e.